The fourth-order valence-corrected chi connectivity index (χ4v) is 2.34. The lowest BCUT2D eigenvalue weighted by Gasteiger charge is -2.06. The van der Waals surface area contributed by atoms with Crippen LogP contribution in [0.2, 0.25) is 0 Å². The van der Waals surface area contributed by atoms with E-state index in [1.807, 2.05) is 45.9 Å². The van der Waals surface area contributed by atoms with Gasteiger partial charge in [0.05, 0.1) is 5.57 Å². The monoisotopic (exact) mass is 255 g/mol. The molecule has 0 saturated heterocycles. The van der Waals surface area contributed by atoms with Gasteiger partial charge >= 0.3 is 0 Å². The number of nitrogens with one attached hydrogen (secondary N) is 1. The zero-order valence-electron chi connectivity index (χ0n) is 11.6. The molecule has 1 heterocycles. The largest absolute Gasteiger partial charge is 0.289 e. The van der Waals surface area contributed by atoms with Gasteiger partial charge in [-0.2, -0.15) is 0 Å². The molecule has 0 spiro atoms. The van der Waals surface area contributed by atoms with Crippen LogP contribution >= 0.6 is 0 Å². The van der Waals surface area contributed by atoms with Crippen molar-refractivity contribution in [2.24, 2.45) is 0 Å². The third-order valence-electron chi connectivity index (χ3n) is 3.15. The topological polar surface area (TPSA) is 46.2 Å². The summed E-state index contributed by atoms with van der Waals surface area (Å²) >= 11 is 0. The summed E-state index contributed by atoms with van der Waals surface area (Å²) in [6.07, 6.45) is 1.37. The van der Waals surface area contributed by atoms with Gasteiger partial charge in [0.25, 0.3) is 11.8 Å². The van der Waals surface area contributed by atoms with E-state index in [9.17, 15) is 9.59 Å². The molecule has 2 rings (SSSR count). The summed E-state index contributed by atoms with van der Waals surface area (Å²) in [5.74, 6) is -0.666. The van der Waals surface area contributed by atoms with Crippen molar-refractivity contribution in [1.29, 1.82) is 0 Å². The zero-order valence-corrected chi connectivity index (χ0v) is 11.6. The molecule has 19 heavy (non-hydrogen) atoms. The molecule has 0 aromatic heterocycles. The molecule has 0 fully saturated rings. The molecule has 1 aliphatic rings. The van der Waals surface area contributed by atoms with Crippen molar-refractivity contribution < 1.29 is 9.59 Å². The molecule has 1 aliphatic heterocycles. The van der Waals surface area contributed by atoms with E-state index >= 15 is 0 Å². The average Bonchev–Trinajstić information content (AvgIpc) is 2.67. The van der Waals surface area contributed by atoms with Crippen molar-refractivity contribution in [1.82, 2.24) is 5.32 Å². The van der Waals surface area contributed by atoms with Gasteiger partial charge in [-0.1, -0.05) is 29.3 Å². The minimum absolute atomic E-state index is 0.321. The third-order valence-corrected chi connectivity index (χ3v) is 3.15. The van der Waals surface area contributed by atoms with E-state index in [1.165, 1.54) is 11.6 Å². The number of carbonyl (C=O) groups excluding carboxylic acids is 2. The Labute approximate surface area is 112 Å². The molecule has 0 saturated carbocycles. The van der Waals surface area contributed by atoms with Crippen molar-refractivity contribution >= 4 is 28.5 Å². The van der Waals surface area contributed by atoms with Crippen molar-refractivity contribution in [2.75, 3.05) is 0 Å². The number of imide groups is 1. The van der Waals surface area contributed by atoms with Gasteiger partial charge in [-0.25, -0.2) is 0 Å². The van der Waals surface area contributed by atoms with Crippen LogP contribution in [-0.2, 0) is 9.59 Å². The van der Waals surface area contributed by atoms with Crippen molar-refractivity contribution in [2.45, 2.75) is 27.7 Å². The van der Waals surface area contributed by atoms with Crippen LogP contribution in [0.1, 0.15) is 33.3 Å². The number of hydrogen-bond acceptors (Lipinski definition) is 2. The Morgan fingerprint density at radius 2 is 1.68 bits per heavy atom. The van der Waals surface area contributed by atoms with Crippen LogP contribution in [0.25, 0.3) is 16.7 Å². The highest BCUT2D eigenvalue weighted by Crippen LogP contribution is 2.14. The van der Waals surface area contributed by atoms with E-state index < -0.39 is 0 Å². The van der Waals surface area contributed by atoms with Crippen LogP contribution in [0.15, 0.2) is 24.3 Å². The van der Waals surface area contributed by atoms with E-state index in [0.717, 1.165) is 21.6 Å². The molecule has 2 amide bonds. The first-order valence-corrected chi connectivity index (χ1v) is 6.23. The summed E-state index contributed by atoms with van der Waals surface area (Å²) < 4.78 is 0. The quantitative estimate of drug-likeness (QED) is 0.764. The van der Waals surface area contributed by atoms with Crippen LogP contribution in [0.4, 0.5) is 0 Å². The maximum absolute atomic E-state index is 11.8. The average molecular weight is 255 g/mol. The molecule has 3 nitrogen and oxygen atoms in total. The van der Waals surface area contributed by atoms with Gasteiger partial charge in [0, 0.05) is 6.08 Å². The van der Waals surface area contributed by atoms with E-state index in [2.05, 4.69) is 5.32 Å². The Morgan fingerprint density at radius 1 is 1.00 bits per heavy atom. The molecular weight excluding hydrogens is 238 g/mol. The van der Waals surface area contributed by atoms with Crippen molar-refractivity contribution in [3.8, 4) is 0 Å². The molecule has 0 bridgehead atoms. The van der Waals surface area contributed by atoms with Crippen molar-refractivity contribution in [3.05, 3.63) is 40.3 Å². The Bertz CT molecular complexity index is 716. The predicted octanol–water partition coefficient (Wildman–Crippen LogP) is 1.11. The summed E-state index contributed by atoms with van der Waals surface area (Å²) in [6.45, 7) is 8.11. The van der Waals surface area contributed by atoms with Gasteiger partial charge in [-0.05, 0) is 43.7 Å². The van der Waals surface area contributed by atoms with E-state index in [4.69, 9.17) is 0 Å². The van der Waals surface area contributed by atoms with Gasteiger partial charge in [-0.15, -0.1) is 0 Å². The standard InChI is InChI=1S/C16H17NO2/c1-9(2)11-6-5-7-12(15(11)10(3)4)13-8-14(18)17-16(13)19/h5-8H,1-4H3,(H,17,18,19). The zero-order chi connectivity index (χ0) is 14.2. The molecule has 0 aliphatic carbocycles. The van der Waals surface area contributed by atoms with Crippen LogP contribution in [0.5, 0.6) is 0 Å². The number of rotatable bonds is 1. The first-order chi connectivity index (χ1) is 8.91. The summed E-state index contributed by atoms with van der Waals surface area (Å²) in [5.41, 5.74) is 3.58. The number of amides is 2. The lowest BCUT2D eigenvalue weighted by Crippen LogP contribution is -2.32. The van der Waals surface area contributed by atoms with Crippen LogP contribution in [-0.4, -0.2) is 11.8 Å². The number of carbonyl (C=O) groups is 2. The Balaban J connectivity index is 2.89. The van der Waals surface area contributed by atoms with Gasteiger partial charge in [0.1, 0.15) is 0 Å². The summed E-state index contributed by atoms with van der Waals surface area (Å²) in [6, 6.07) is 5.84. The fourth-order valence-electron chi connectivity index (χ4n) is 2.34. The lowest BCUT2D eigenvalue weighted by molar-refractivity contribution is -0.123. The number of hydrogen-bond donors (Lipinski definition) is 1. The highest BCUT2D eigenvalue weighted by molar-refractivity contribution is 6.33. The summed E-state index contributed by atoms with van der Waals surface area (Å²) in [4.78, 5) is 23.1. The van der Waals surface area contributed by atoms with Gasteiger partial charge in [0.15, 0.2) is 0 Å². The van der Waals surface area contributed by atoms with Crippen LogP contribution in [0, 0.1) is 0 Å². The summed E-state index contributed by atoms with van der Waals surface area (Å²) in [7, 11) is 0. The second-order valence-electron chi connectivity index (χ2n) is 5.10. The van der Waals surface area contributed by atoms with Gasteiger partial charge in [0.2, 0.25) is 0 Å². The Hall–Kier alpha value is -2.16. The van der Waals surface area contributed by atoms with E-state index in [0.29, 0.717) is 5.57 Å². The molecule has 1 aromatic carbocycles. The first-order valence-electron chi connectivity index (χ1n) is 6.23. The molecule has 1 N–H and O–H groups in total. The Morgan fingerprint density at radius 3 is 2.16 bits per heavy atom. The second-order valence-corrected chi connectivity index (χ2v) is 5.10. The highest BCUT2D eigenvalue weighted by Gasteiger charge is 2.23. The van der Waals surface area contributed by atoms with Gasteiger partial charge < -0.3 is 0 Å². The molecule has 98 valence electrons. The van der Waals surface area contributed by atoms with E-state index in [-0.39, 0.29) is 11.8 Å². The van der Waals surface area contributed by atoms with E-state index in [1.54, 1.807) is 0 Å². The predicted molar refractivity (Wildman–Crippen MR) is 76.3 cm³/mol. The maximum atomic E-state index is 11.8. The Kier molecular flexibility index (Phi) is 3.38. The summed E-state index contributed by atoms with van der Waals surface area (Å²) in [5, 5.41) is 4.45. The maximum Gasteiger partial charge on any atom is 0.258 e. The van der Waals surface area contributed by atoms with Crippen molar-refractivity contribution in [3.63, 3.8) is 0 Å². The molecule has 1 aromatic rings. The van der Waals surface area contributed by atoms with Gasteiger partial charge in [-0.3, -0.25) is 14.9 Å². The fraction of sp³-hybridized carbons (Fsp3) is 0.250. The molecule has 0 radical (unpaired) electrons. The number of benzene rings is 1. The first kappa shape index (κ1) is 13.3. The minimum atomic E-state index is -0.345. The smallest absolute Gasteiger partial charge is 0.258 e. The molecule has 0 unspecified atom stereocenters. The SMILES string of the molecule is CC(C)=c1cccc(C2=CC(=O)NC2=O)c1=C(C)C. The second kappa shape index (κ2) is 4.84. The van der Waals surface area contributed by atoms with Crippen LogP contribution < -0.4 is 15.8 Å². The third kappa shape index (κ3) is 2.36. The normalized spacial score (nSPS) is 14.2. The molecule has 3 heteroatoms. The van der Waals surface area contributed by atoms with Crippen LogP contribution in [0.3, 0.4) is 0 Å². The highest BCUT2D eigenvalue weighted by atomic mass is 16.2. The molecule has 0 atom stereocenters. The lowest BCUT2D eigenvalue weighted by atomic mass is 9.98. The molecular formula is C16H17NO2. The minimum Gasteiger partial charge on any atom is -0.289 e.